The van der Waals surface area contributed by atoms with Crippen LogP contribution in [0.3, 0.4) is 0 Å². The first kappa shape index (κ1) is 24.7. The normalized spacial score (nSPS) is 25.9. The van der Waals surface area contributed by atoms with E-state index in [0.29, 0.717) is 28.7 Å². The monoisotopic (exact) mass is 557 g/mol. The molecule has 1 aromatic heterocycles. The minimum atomic E-state index is -3.82. The van der Waals surface area contributed by atoms with Crippen LogP contribution in [0, 0.1) is 17.8 Å². The number of amides is 1. The average Bonchev–Trinajstić information content (AvgIpc) is 3.57. The first-order chi connectivity index (χ1) is 17.7. The topological polar surface area (TPSA) is 120 Å². The van der Waals surface area contributed by atoms with E-state index in [1.807, 2.05) is 18.2 Å². The highest BCUT2D eigenvalue weighted by molar-refractivity contribution is 8.00. The molecular weight excluding hydrogens is 531 g/mol. The lowest BCUT2D eigenvalue weighted by molar-refractivity contribution is -0.116. The van der Waals surface area contributed by atoms with Crippen LogP contribution in [0.1, 0.15) is 35.6 Å². The molecule has 3 N–H and O–H groups in total. The van der Waals surface area contributed by atoms with Gasteiger partial charge in [-0.05, 0) is 67.3 Å². The number of anilines is 1. The molecule has 2 aromatic carbocycles. The summed E-state index contributed by atoms with van der Waals surface area (Å²) in [7, 11) is -2.13. The van der Waals surface area contributed by atoms with Gasteiger partial charge in [-0.1, -0.05) is 29.5 Å². The molecule has 2 bridgehead atoms. The summed E-state index contributed by atoms with van der Waals surface area (Å²) in [6.45, 7) is -0.112. The standard InChI is InChI=1S/C26H27N3O5S3/c1-34-19-5-3-2-4-18(19)22-21-14-6-7-15(12-14)23(21)35-25-24(22)36-26(31)29(25)13-20(30)28-16-8-10-17(11-9-16)37(27,32)33/h2-5,8-11,14-15,21-23H,6-7,12-13H2,1H3,(H,28,30)(H2,27,32,33)/t14-,15-,21-,22-,23+/m0/s1. The SMILES string of the molecule is COc1ccccc1[C@@H]1c2sc(=O)n(CC(=O)Nc3ccc(S(N)(=O)=O)cc3)c2S[C@@H]2[C@H]3CC[C@@H](C3)[C@@H]12. The summed E-state index contributed by atoms with van der Waals surface area (Å²) in [6, 6.07) is 13.7. The first-order valence-corrected chi connectivity index (χ1v) is 15.4. The average molecular weight is 558 g/mol. The van der Waals surface area contributed by atoms with Crippen LogP contribution in [0.4, 0.5) is 5.69 Å². The summed E-state index contributed by atoms with van der Waals surface area (Å²) in [5, 5.41) is 9.22. The van der Waals surface area contributed by atoms with E-state index in [9.17, 15) is 18.0 Å². The van der Waals surface area contributed by atoms with E-state index in [4.69, 9.17) is 9.88 Å². The molecular formula is C26H27N3O5S3. The van der Waals surface area contributed by atoms with E-state index >= 15 is 0 Å². The number of nitrogens with one attached hydrogen (secondary N) is 1. The van der Waals surface area contributed by atoms with Crippen LogP contribution in [0.5, 0.6) is 5.75 Å². The molecule has 194 valence electrons. The Labute approximate surface area is 223 Å². The molecule has 5 atom stereocenters. The van der Waals surface area contributed by atoms with Crippen LogP contribution < -0.4 is 20.1 Å². The Morgan fingerprint density at radius 2 is 1.86 bits per heavy atom. The fourth-order valence-corrected chi connectivity index (χ4v) is 10.1. The van der Waals surface area contributed by atoms with Gasteiger partial charge in [0, 0.05) is 27.3 Å². The number of sulfonamides is 1. The maximum absolute atomic E-state index is 13.3. The predicted molar refractivity (Wildman–Crippen MR) is 144 cm³/mol. The Morgan fingerprint density at radius 3 is 2.59 bits per heavy atom. The number of nitrogens with two attached hydrogens (primary N) is 1. The van der Waals surface area contributed by atoms with Crippen LogP contribution in [0.15, 0.2) is 63.2 Å². The van der Waals surface area contributed by atoms with Crippen molar-refractivity contribution in [1.29, 1.82) is 0 Å². The van der Waals surface area contributed by atoms with Crippen molar-refractivity contribution >= 4 is 44.7 Å². The number of hydrogen-bond acceptors (Lipinski definition) is 7. The molecule has 1 amide bonds. The Kier molecular flexibility index (Phi) is 6.21. The highest BCUT2D eigenvalue weighted by Crippen LogP contribution is 2.64. The number of hydrogen-bond donors (Lipinski definition) is 2. The van der Waals surface area contributed by atoms with Crippen LogP contribution in [0.2, 0.25) is 0 Å². The van der Waals surface area contributed by atoms with Crippen molar-refractivity contribution < 1.29 is 17.9 Å². The van der Waals surface area contributed by atoms with Crippen LogP contribution in [-0.2, 0) is 21.4 Å². The summed E-state index contributed by atoms with van der Waals surface area (Å²) in [6.07, 6.45) is 3.67. The molecule has 8 nitrogen and oxygen atoms in total. The number of thioether (sulfide) groups is 1. The number of fused-ring (bicyclic) bond motifs is 6. The Bertz CT molecular complexity index is 1530. The van der Waals surface area contributed by atoms with E-state index < -0.39 is 10.0 Å². The van der Waals surface area contributed by atoms with Crippen molar-refractivity contribution in [2.45, 2.75) is 46.9 Å². The number of nitrogens with zero attached hydrogens (tertiary/aromatic N) is 1. The number of primary sulfonamides is 1. The van der Waals surface area contributed by atoms with Crippen LogP contribution in [-0.4, -0.2) is 31.3 Å². The number of para-hydroxylation sites is 1. The zero-order valence-corrected chi connectivity index (χ0v) is 22.6. The van der Waals surface area contributed by atoms with Gasteiger partial charge in [0.05, 0.1) is 17.0 Å². The second-order valence-electron chi connectivity index (χ2n) is 9.95. The van der Waals surface area contributed by atoms with Crippen molar-refractivity contribution in [3.05, 3.63) is 68.6 Å². The van der Waals surface area contributed by atoms with E-state index in [-0.39, 0.29) is 28.1 Å². The van der Waals surface area contributed by atoms with Gasteiger partial charge < -0.3 is 10.1 Å². The summed E-state index contributed by atoms with van der Waals surface area (Å²) in [5.74, 6) is 2.26. The smallest absolute Gasteiger partial charge is 0.308 e. The summed E-state index contributed by atoms with van der Waals surface area (Å²) in [4.78, 5) is 27.1. The lowest BCUT2D eigenvalue weighted by Crippen LogP contribution is -2.35. The molecule has 2 aliphatic carbocycles. The van der Waals surface area contributed by atoms with Gasteiger partial charge in [0.15, 0.2) is 0 Å². The van der Waals surface area contributed by atoms with Gasteiger partial charge >= 0.3 is 4.87 Å². The summed E-state index contributed by atoms with van der Waals surface area (Å²) >= 11 is 3.01. The second kappa shape index (κ2) is 9.30. The third-order valence-corrected chi connectivity index (χ3v) is 11.7. The molecule has 0 saturated heterocycles. The summed E-state index contributed by atoms with van der Waals surface area (Å²) < 4.78 is 30.3. The molecule has 6 rings (SSSR count). The van der Waals surface area contributed by atoms with Crippen LogP contribution >= 0.6 is 23.1 Å². The third-order valence-electron chi connectivity index (χ3n) is 7.93. The molecule has 3 aromatic rings. The molecule has 2 saturated carbocycles. The highest BCUT2D eigenvalue weighted by Gasteiger charge is 2.55. The molecule has 11 heteroatoms. The molecule has 37 heavy (non-hydrogen) atoms. The molecule has 3 aliphatic rings. The molecule has 1 aliphatic heterocycles. The van der Waals surface area contributed by atoms with Gasteiger partial charge in [-0.15, -0.1) is 11.8 Å². The first-order valence-electron chi connectivity index (χ1n) is 12.2. The molecule has 2 heterocycles. The number of ether oxygens (including phenoxy) is 1. The zero-order valence-electron chi connectivity index (χ0n) is 20.1. The maximum atomic E-state index is 13.3. The van der Waals surface area contributed by atoms with E-state index in [1.165, 1.54) is 54.9 Å². The van der Waals surface area contributed by atoms with Crippen molar-refractivity contribution in [2.24, 2.45) is 22.9 Å². The Hall–Kier alpha value is -2.60. The predicted octanol–water partition coefficient (Wildman–Crippen LogP) is 3.86. The summed E-state index contributed by atoms with van der Waals surface area (Å²) in [5.41, 5.74) is 1.55. The van der Waals surface area contributed by atoms with E-state index in [2.05, 4.69) is 11.4 Å². The third kappa shape index (κ3) is 4.31. The molecule has 0 unspecified atom stereocenters. The van der Waals surface area contributed by atoms with Gasteiger partial charge in [0.25, 0.3) is 0 Å². The maximum Gasteiger partial charge on any atom is 0.308 e. The number of methoxy groups -OCH3 is 1. The number of rotatable bonds is 6. The number of carbonyl (C=O) groups is 1. The minimum absolute atomic E-state index is 0.0344. The fraction of sp³-hybridized carbons (Fsp3) is 0.385. The number of carbonyl (C=O) groups excluding carboxylic acids is 1. The van der Waals surface area contributed by atoms with Crippen molar-refractivity contribution in [1.82, 2.24) is 4.57 Å². The second-order valence-corrected chi connectivity index (χ2v) is 13.7. The number of thiazole rings is 1. The zero-order chi connectivity index (χ0) is 25.9. The lowest BCUT2D eigenvalue weighted by atomic mass is 9.74. The van der Waals surface area contributed by atoms with E-state index in [0.717, 1.165) is 21.2 Å². The van der Waals surface area contributed by atoms with Gasteiger partial charge in [0.2, 0.25) is 15.9 Å². The quantitative estimate of drug-likeness (QED) is 0.475. The molecule has 2 fully saturated rings. The molecule has 0 spiro atoms. The van der Waals surface area contributed by atoms with Gasteiger partial charge in [-0.25, -0.2) is 13.6 Å². The van der Waals surface area contributed by atoms with Gasteiger partial charge in [0.1, 0.15) is 12.3 Å². The van der Waals surface area contributed by atoms with E-state index in [1.54, 1.807) is 23.4 Å². The number of benzene rings is 2. The number of aromatic nitrogens is 1. The Balaban J connectivity index is 1.33. The minimum Gasteiger partial charge on any atom is -0.496 e. The largest absolute Gasteiger partial charge is 0.496 e. The van der Waals surface area contributed by atoms with Gasteiger partial charge in [-0.2, -0.15) is 0 Å². The van der Waals surface area contributed by atoms with Crippen molar-refractivity contribution in [2.75, 3.05) is 12.4 Å². The fourth-order valence-electron chi connectivity index (χ4n) is 6.43. The van der Waals surface area contributed by atoms with Crippen LogP contribution in [0.25, 0.3) is 0 Å². The van der Waals surface area contributed by atoms with Crippen molar-refractivity contribution in [3.8, 4) is 5.75 Å². The van der Waals surface area contributed by atoms with Crippen molar-refractivity contribution in [3.63, 3.8) is 0 Å². The lowest BCUT2D eigenvalue weighted by Gasteiger charge is -2.40. The molecule has 0 radical (unpaired) electrons. The highest BCUT2D eigenvalue weighted by atomic mass is 32.2. The Morgan fingerprint density at radius 1 is 1.14 bits per heavy atom. The van der Waals surface area contributed by atoms with Gasteiger partial charge in [-0.3, -0.25) is 14.2 Å².